The second-order valence-corrected chi connectivity index (χ2v) is 6.71. The highest BCUT2D eigenvalue weighted by molar-refractivity contribution is 5.73. The molecule has 5 nitrogen and oxygen atoms in total. The van der Waals surface area contributed by atoms with Crippen LogP contribution in [0.4, 0.5) is 0 Å². The summed E-state index contributed by atoms with van der Waals surface area (Å²) in [6, 6.07) is 0.619. The van der Waals surface area contributed by atoms with Crippen LogP contribution < -0.4 is 0 Å². The SMILES string of the molecule is CC(=O)N1CCC(N(C)C[C@H]2CCCN(CCO)C2)CC1. The molecule has 0 unspecified atom stereocenters. The third kappa shape index (κ3) is 4.94. The minimum Gasteiger partial charge on any atom is -0.395 e. The molecule has 1 N–H and O–H groups in total. The molecule has 2 aliphatic heterocycles. The molecule has 2 saturated heterocycles. The van der Waals surface area contributed by atoms with Gasteiger partial charge in [-0.3, -0.25) is 4.79 Å². The quantitative estimate of drug-likeness (QED) is 0.809. The molecule has 0 radical (unpaired) electrons. The average Bonchev–Trinajstić information content (AvgIpc) is 2.48. The Morgan fingerprint density at radius 2 is 1.95 bits per heavy atom. The summed E-state index contributed by atoms with van der Waals surface area (Å²) in [6.45, 7) is 7.98. The van der Waals surface area contributed by atoms with Crippen LogP contribution in [0.2, 0.25) is 0 Å². The molecule has 2 aliphatic rings. The molecule has 2 heterocycles. The fraction of sp³-hybridized carbons (Fsp3) is 0.938. The lowest BCUT2D eigenvalue weighted by molar-refractivity contribution is -0.130. The number of rotatable bonds is 5. The van der Waals surface area contributed by atoms with Crippen molar-refractivity contribution in [1.82, 2.24) is 14.7 Å². The zero-order valence-corrected chi connectivity index (χ0v) is 13.6. The van der Waals surface area contributed by atoms with Gasteiger partial charge in [0.1, 0.15) is 0 Å². The van der Waals surface area contributed by atoms with Crippen LogP contribution in [0.5, 0.6) is 0 Å². The van der Waals surface area contributed by atoms with E-state index in [1.807, 2.05) is 4.90 Å². The van der Waals surface area contributed by atoms with E-state index in [-0.39, 0.29) is 12.5 Å². The molecule has 0 saturated carbocycles. The van der Waals surface area contributed by atoms with Crippen LogP contribution in [0, 0.1) is 5.92 Å². The number of likely N-dealkylation sites (tertiary alicyclic amines) is 2. The van der Waals surface area contributed by atoms with E-state index < -0.39 is 0 Å². The van der Waals surface area contributed by atoms with E-state index in [9.17, 15) is 4.79 Å². The normalized spacial score (nSPS) is 25.5. The molecule has 0 spiro atoms. The van der Waals surface area contributed by atoms with Crippen molar-refractivity contribution in [1.29, 1.82) is 0 Å². The first-order valence-electron chi connectivity index (χ1n) is 8.39. The lowest BCUT2D eigenvalue weighted by atomic mass is 9.95. The van der Waals surface area contributed by atoms with Crippen LogP contribution in [0.1, 0.15) is 32.6 Å². The molecular formula is C16H31N3O2. The lowest BCUT2D eigenvalue weighted by Gasteiger charge is -2.40. The Morgan fingerprint density at radius 3 is 2.57 bits per heavy atom. The molecule has 2 rings (SSSR count). The number of carbonyl (C=O) groups is 1. The van der Waals surface area contributed by atoms with Gasteiger partial charge in [-0.05, 0) is 45.2 Å². The number of hydrogen-bond donors (Lipinski definition) is 1. The van der Waals surface area contributed by atoms with Gasteiger partial charge in [0.15, 0.2) is 0 Å². The molecule has 2 fully saturated rings. The van der Waals surface area contributed by atoms with Crippen molar-refractivity contribution in [2.24, 2.45) is 5.92 Å². The number of carbonyl (C=O) groups excluding carboxylic acids is 1. The molecule has 0 aromatic carbocycles. The summed E-state index contributed by atoms with van der Waals surface area (Å²) in [7, 11) is 2.24. The number of aliphatic hydroxyl groups excluding tert-OH is 1. The first-order valence-corrected chi connectivity index (χ1v) is 8.39. The molecule has 122 valence electrons. The lowest BCUT2D eigenvalue weighted by Crippen LogP contribution is -2.48. The molecule has 1 atom stereocenters. The Kier molecular flexibility index (Phi) is 6.45. The summed E-state index contributed by atoms with van der Waals surface area (Å²) in [4.78, 5) is 18.2. The van der Waals surface area contributed by atoms with Crippen LogP contribution in [0.25, 0.3) is 0 Å². The Bertz CT molecular complexity index is 327. The van der Waals surface area contributed by atoms with E-state index in [0.29, 0.717) is 6.04 Å². The van der Waals surface area contributed by atoms with Crippen LogP contribution in [0.3, 0.4) is 0 Å². The van der Waals surface area contributed by atoms with E-state index in [4.69, 9.17) is 5.11 Å². The van der Waals surface area contributed by atoms with Crippen LogP contribution >= 0.6 is 0 Å². The number of aliphatic hydroxyl groups is 1. The van der Waals surface area contributed by atoms with E-state index in [0.717, 1.165) is 58.0 Å². The summed E-state index contributed by atoms with van der Waals surface area (Å²) in [5, 5.41) is 9.08. The minimum absolute atomic E-state index is 0.211. The highest BCUT2D eigenvalue weighted by atomic mass is 16.3. The maximum absolute atomic E-state index is 11.4. The summed E-state index contributed by atoms with van der Waals surface area (Å²) in [5.74, 6) is 0.934. The van der Waals surface area contributed by atoms with Gasteiger partial charge in [0, 0.05) is 45.7 Å². The number of β-amino-alcohol motifs (C(OH)–C–C–N with tert-alkyl or cyclic N) is 1. The number of nitrogens with zero attached hydrogens (tertiary/aromatic N) is 3. The molecule has 5 heteroatoms. The number of piperidine rings is 2. The number of hydrogen-bond acceptors (Lipinski definition) is 4. The summed E-state index contributed by atoms with van der Waals surface area (Å²) < 4.78 is 0. The zero-order chi connectivity index (χ0) is 15.2. The topological polar surface area (TPSA) is 47.0 Å². The monoisotopic (exact) mass is 297 g/mol. The van der Waals surface area contributed by atoms with Crippen molar-refractivity contribution >= 4 is 5.91 Å². The van der Waals surface area contributed by atoms with Crippen LogP contribution in [-0.2, 0) is 4.79 Å². The van der Waals surface area contributed by atoms with Gasteiger partial charge in [-0.25, -0.2) is 0 Å². The fourth-order valence-corrected chi connectivity index (χ4v) is 3.82. The largest absolute Gasteiger partial charge is 0.395 e. The average molecular weight is 297 g/mol. The smallest absolute Gasteiger partial charge is 0.219 e. The van der Waals surface area contributed by atoms with Gasteiger partial charge in [-0.15, -0.1) is 0 Å². The van der Waals surface area contributed by atoms with Crippen molar-refractivity contribution in [2.75, 3.05) is 52.9 Å². The van der Waals surface area contributed by atoms with Crippen molar-refractivity contribution in [3.8, 4) is 0 Å². The summed E-state index contributed by atoms with van der Waals surface area (Å²) in [5.41, 5.74) is 0. The summed E-state index contributed by atoms with van der Waals surface area (Å²) >= 11 is 0. The van der Waals surface area contributed by atoms with Gasteiger partial charge in [0.25, 0.3) is 0 Å². The Balaban J connectivity index is 1.74. The highest BCUT2D eigenvalue weighted by Crippen LogP contribution is 2.21. The predicted molar refractivity (Wildman–Crippen MR) is 84.2 cm³/mol. The van der Waals surface area contributed by atoms with Gasteiger partial charge in [0.2, 0.25) is 5.91 Å². The molecule has 0 aromatic rings. The minimum atomic E-state index is 0.211. The molecule has 0 aromatic heterocycles. The maximum Gasteiger partial charge on any atom is 0.219 e. The Labute approximate surface area is 128 Å². The van der Waals surface area contributed by atoms with Crippen molar-refractivity contribution < 1.29 is 9.90 Å². The Morgan fingerprint density at radius 1 is 1.24 bits per heavy atom. The second kappa shape index (κ2) is 8.11. The molecule has 21 heavy (non-hydrogen) atoms. The van der Waals surface area contributed by atoms with Crippen LogP contribution in [0.15, 0.2) is 0 Å². The van der Waals surface area contributed by atoms with E-state index in [1.54, 1.807) is 6.92 Å². The second-order valence-electron chi connectivity index (χ2n) is 6.71. The zero-order valence-electron chi connectivity index (χ0n) is 13.6. The van der Waals surface area contributed by atoms with Crippen LogP contribution in [-0.4, -0.2) is 84.7 Å². The molecular weight excluding hydrogens is 266 g/mol. The highest BCUT2D eigenvalue weighted by Gasteiger charge is 2.26. The maximum atomic E-state index is 11.4. The van der Waals surface area contributed by atoms with E-state index in [2.05, 4.69) is 16.8 Å². The van der Waals surface area contributed by atoms with Gasteiger partial charge < -0.3 is 19.8 Å². The summed E-state index contributed by atoms with van der Waals surface area (Å²) in [6.07, 6.45) is 4.76. The predicted octanol–water partition coefficient (Wildman–Crippen LogP) is 0.633. The third-order valence-electron chi connectivity index (χ3n) is 5.10. The first kappa shape index (κ1) is 16.7. The standard InChI is InChI=1S/C16H31N3O2/c1-14(21)19-8-5-16(6-9-19)17(2)12-15-4-3-7-18(13-15)10-11-20/h15-16,20H,3-13H2,1-2H3/t15-/m1/s1. The van der Waals surface area contributed by atoms with Gasteiger partial charge >= 0.3 is 0 Å². The molecule has 0 bridgehead atoms. The van der Waals surface area contributed by atoms with Crippen molar-refractivity contribution in [3.63, 3.8) is 0 Å². The van der Waals surface area contributed by atoms with E-state index >= 15 is 0 Å². The molecule has 1 amide bonds. The van der Waals surface area contributed by atoms with Gasteiger partial charge in [0.05, 0.1) is 6.61 Å². The fourth-order valence-electron chi connectivity index (χ4n) is 3.82. The van der Waals surface area contributed by atoms with Gasteiger partial charge in [-0.1, -0.05) is 0 Å². The van der Waals surface area contributed by atoms with Crippen molar-refractivity contribution in [3.05, 3.63) is 0 Å². The first-order chi connectivity index (χ1) is 10.1. The van der Waals surface area contributed by atoms with Gasteiger partial charge in [-0.2, -0.15) is 0 Å². The Hall–Kier alpha value is -0.650. The van der Waals surface area contributed by atoms with Crippen molar-refractivity contribution in [2.45, 2.75) is 38.6 Å². The number of amides is 1. The van der Waals surface area contributed by atoms with E-state index in [1.165, 1.54) is 12.8 Å². The third-order valence-corrected chi connectivity index (χ3v) is 5.10. The molecule has 0 aliphatic carbocycles.